The summed E-state index contributed by atoms with van der Waals surface area (Å²) in [6.07, 6.45) is -0.248. The third-order valence-corrected chi connectivity index (χ3v) is 3.27. The minimum absolute atomic E-state index is 0.0438. The van der Waals surface area contributed by atoms with Crippen LogP contribution in [0.5, 0.6) is 11.5 Å². The summed E-state index contributed by atoms with van der Waals surface area (Å²) in [6.45, 7) is 3.86. The molecule has 0 radical (unpaired) electrons. The van der Waals surface area contributed by atoms with Gasteiger partial charge in [-0.1, -0.05) is 0 Å². The highest BCUT2D eigenvalue weighted by Gasteiger charge is 2.27. The van der Waals surface area contributed by atoms with Gasteiger partial charge in [0.15, 0.2) is 11.5 Å². The first-order chi connectivity index (χ1) is 11.3. The van der Waals surface area contributed by atoms with Crippen LogP contribution >= 0.6 is 0 Å². The van der Waals surface area contributed by atoms with Crippen LogP contribution in [0.4, 0.5) is 5.69 Å². The molecule has 0 heterocycles. The Kier molecular flexibility index (Phi) is 6.97. The van der Waals surface area contributed by atoms with Crippen LogP contribution < -0.4 is 9.47 Å². The summed E-state index contributed by atoms with van der Waals surface area (Å²) >= 11 is 0. The van der Waals surface area contributed by atoms with Gasteiger partial charge < -0.3 is 19.5 Å². The molecule has 1 amide bonds. The maximum absolute atomic E-state index is 12.6. The summed E-state index contributed by atoms with van der Waals surface area (Å²) in [5.74, 6) is -1.33. The number of ether oxygens (including phenoxy) is 2. The zero-order valence-electron chi connectivity index (χ0n) is 13.8. The molecule has 1 aromatic carbocycles. The minimum Gasteiger partial charge on any atom is -0.493 e. The molecule has 1 N–H and O–H groups in total. The lowest BCUT2D eigenvalue weighted by Gasteiger charge is -2.20. The van der Waals surface area contributed by atoms with Crippen molar-refractivity contribution >= 4 is 17.6 Å². The van der Waals surface area contributed by atoms with Gasteiger partial charge in [0.2, 0.25) is 0 Å². The van der Waals surface area contributed by atoms with E-state index in [2.05, 4.69) is 0 Å². The summed E-state index contributed by atoms with van der Waals surface area (Å²) in [5.41, 5.74) is -0.592. The van der Waals surface area contributed by atoms with E-state index in [0.29, 0.717) is 0 Å². The number of amides is 1. The molecule has 0 aliphatic rings. The van der Waals surface area contributed by atoms with Crippen molar-refractivity contribution in [1.82, 2.24) is 4.90 Å². The Bertz CT molecular complexity index is 630. The molecule has 24 heavy (non-hydrogen) atoms. The highest BCUT2D eigenvalue weighted by molar-refractivity contribution is 5.99. The lowest BCUT2D eigenvalue weighted by Crippen LogP contribution is -2.33. The number of nitrogens with zero attached hydrogens (tertiary/aromatic N) is 2. The van der Waals surface area contributed by atoms with Crippen LogP contribution in [0.25, 0.3) is 0 Å². The molecule has 0 bridgehead atoms. The van der Waals surface area contributed by atoms with Gasteiger partial charge in [-0.15, -0.1) is 0 Å². The number of carbonyl (C=O) groups excluding carboxylic acids is 1. The Labute approximate surface area is 138 Å². The number of benzene rings is 1. The summed E-state index contributed by atoms with van der Waals surface area (Å²) in [7, 11) is 1.34. The number of nitro groups is 1. The van der Waals surface area contributed by atoms with Crippen molar-refractivity contribution in [2.24, 2.45) is 0 Å². The van der Waals surface area contributed by atoms with Gasteiger partial charge >= 0.3 is 5.97 Å². The summed E-state index contributed by atoms with van der Waals surface area (Å²) in [4.78, 5) is 35.1. The fourth-order valence-corrected chi connectivity index (χ4v) is 2.10. The normalized spacial score (nSPS) is 10.1. The quantitative estimate of drug-likeness (QED) is 0.539. The molecule has 1 rings (SSSR count). The molecule has 0 unspecified atom stereocenters. The summed E-state index contributed by atoms with van der Waals surface area (Å²) in [5, 5.41) is 20.0. The van der Waals surface area contributed by atoms with Gasteiger partial charge in [0.1, 0.15) is 5.56 Å². The SMILES string of the molecule is CCOc1cc(C(=O)N(CC)CCC(=O)O)c([N+](=O)[O-])cc1OC. The lowest BCUT2D eigenvalue weighted by molar-refractivity contribution is -0.385. The van der Waals surface area contributed by atoms with Crippen LogP contribution in [0.3, 0.4) is 0 Å². The first-order valence-corrected chi connectivity index (χ1v) is 7.35. The fraction of sp³-hybridized carbons (Fsp3) is 0.467. The molecule has 0 spiro atoms. The molecule has 9 heteroatoms. The standard InChI is InChI=1S/C15H20N2O7/c1-4-16(7-6-14(18)19)15(20)10-8-13(24-5-2)12(23-3)9-11(10)17(21)22/h8-9H,4-7H2,1-3H3,(H,18,19). The number of nitro benzene ring substituents is 1. The molecule has 0 saturated carbocycles. The highest BCUT2D eigenvalue weighted by Crippen LogP contribution is 2.35. The van der Waals surface area contributed by atoms with E-state index in [0.717, 1.165) is 6.07 Å². The molecule has 9 nitrogen and oxygen atoms in total. The van der Waals surface area contributed by atoms with E-state index in [9.17, 15) is 19.7 Å². The predicted octanol–water partition coefficient (Wildman–Crippen LogP) is 1.94. The average Bonchev–Trinajstić information content (AvgIpc) is 2.54. The zero-order chi connectivity index (χ0) is 18.3. The Morgan fingerprint density at radius 3 is 2.42 bits per heavy atom. The second-order valence-electron chi connectivity index (χ2n) is 4.74. The van der Waals surface area contributed by atoms with E-state index in [4.69, 9.17) is 14.6 Å². The van der Waals surface area contributed by atoms with Gasteiger partial charge in [-0.2, -0.15) is 0 Å². The van der Waals surface area contributed by atoms with E-state index in [1.54, 1.807) is 13.8 Å². The molecular formula is C15H20N2O7. The fourth-order valence-electron chi connectivity index (χ4n) is 2.10. The smallest absolute Gasteiger partial charge is 0.305 e. The van der Waals surface area contributed by atoms with Gasteiger partial charge in [-0.25, -0.2) is 0 Å². The van der Waals surface area contributed by atoms with Crippen molar-refractivity contribution in [2.75, 3.05) is 26.8 Å². The van der Waals surface area contributed by atoms with Crippen LogP contribution in [0.1, 0.15) is 30.6 Å². The Morgan fingerprint density at radius 1 is 1.29 bits per heavy atom. The van der Waals surface area contributed by atoms with Gasteiger partial charge in [-0.05, 0) is 13.8 Å². The molecule has 0 aromatic heterocycles. The van der Waals surface area contributed by atoms with Crippen LogP contribution in [0.15, 0.2) is 12.1 Å². The van der Waals surface area contributed by atoms with Crippen LogP contribution in [0.2, 0.25) is 0 Å². The van der Waals surface area contributed by atoms with Gasteiger partial charge in [0.25, 0.3) is 11.6 Å². The maximum atomic E-state index is 12.6. The van der Waals surface area contributed by atoms with E-state index < -0.39 is 22.5 Å². The van der Waals surface area contributed by atoms with E-state index >= 15 is 0 Å². The molecule has 0 atom stereocenters. The molecular weight excluding hydrogens is 320 g/mol. The van der Waals surface area contributed by atoms with Crippen molar-refractivity contribution in [1.29, 1.82) is 0 Å². The van der Waals surface area contributed by atoms with Crippen LogP contribution in [-0.4, -0.2) is 53.6 Å². The monoisotopic (exact) mass is 340 g/mol. The first-order valence-electron chi connectivity index (χ1n) is 7.35. The summed E-state index contributed by atoms with van der Waals surface area (Å²) < 4.78 is 10.4. The average molecular weight is 340 g/mol. The molecule has 1 aromatic rings. The second kappa shape index (κ2) is 8.70. The van der Waals surface area contributed by atoms with Crippen LogP contribution in [-0.2, 0) is 4.79 Å². The maximum Gasteiger partial charge on any atom is 0.305 e. The number of carboxylic acid groups (broad SMARTS) is 1. The zero-order valence-corrected chi connectivity index (χ0v) is 13.8. The van der Waals surface area contributed by atoms with E-state index in [-0.39, 0.29) is 43.2 Å². The molecule has 132 valence electrons. The Balaban J connectivity index is 3.31. The minimum atomic E-state index is -1.06. The molecule has 0 aliphatic carbocycles. The number of carboxylic acids is 1. The third kappa shape index (κ3) is 4.58. The number of methoxy groups -OCH3 is 1. The Hall–Kier alpha value is -2.84. The van der Waals surface area contributed by atoms with Crippen LogP contribution in [0, 0.1) is 10.1 Å². The van der Waals surface area contributed by atoms with Crippen molar-refractivity contribution in [3.8, 4) is 11.5 Å². The number of carbonyl (C=O) groups is 2. The molecule has 0 saturated heterocycles. The van der Waals surface area contributed by atoms with Gasteiger partial charge in [-0.3, -0.25) is 19.7 Å². The van der Waals surface area contributed by atoms with Gasteiger partial charge in [0.05, 0.1) is 31.1 Å². The second-order valence-corrected chi connectivity index (χ2v) is 4.74. The van der Waals surface area contributed by atoms with Crippen molar-refractivity contribution in [3.05, 3.63) is 27.8 Å². The van der Waals surface area contributed by atoms with Gasteiger partial charge in [0, 0.05) is 19.2 Å². The molecule has 0 aliphatic heterocycles. The summed E-state index contributed by atoms with van der Waals surface area (Å²) in [6, 6.07) is 2.38. The van der Waals surface area contributed by atoms with Crippen molar-refractivity contribution in [2.45, 2.75) is 20.3 Å². The number of hydrogen-bond donors (Lipinski definition) is 1. The number of aliphatic carboxylic acids is 1. The molecule has 0 fully saturated rings. The van der Waals surface area contributed by atoms with Crippen molar-refractivity contribution < 1.29 is 29.1 Å². The first kappa shape index (κ1) is 19.2. The number of hydrogen-bond acceptors (Lipinski definition) is 6. The lowest BCUT2D eigenvalue weighted by atomic mass is 10.1. The van der Waals surface area contributed by atoms with E-state index in [1.165, 1.54) is 18.1 Å². The Morgan fingerprint density at radius 2 is 1.96 bits per heavy atom. The topological polar surface area (TPSA) is 119 Å². The number of rotatable bonds is 9. The predicted molar refractivity (Wildman–Crippen MR) is 84.6 cm³/mol. The van der Waals surface area contributed by atoms with Crippen molar-refractivity contribution in [3.63, 3.8) is 0 Å². The van der Waals surface area contributed by atoms with E-state index in [1.807, 2.05) is 0 Å². The largest absolute Gasteiger partial charge is 0.493 e. The highest BCUT2D eigenvalue weighted by atomic mass is 16.6. The third-order valence-electron chi connectivity index (χ3n) is 3.27.